The maximum absolute atomic E-state index is 13.4. The number of rotatable bonds is 12. The Kier molecular flexibility index (Phi) is 9.67. The van der Waals surface area contributed by atoms with Crippen LogP contribution < -0.4 is 10.8 Å². The van der Waals surface area contributed by atoms with Crippen molar-refractivity contribution in [2.45, 2.75) is 76.5 Å². The van der Waals surface area contributed by atoms with Crippen LogP contribution in [0.25, 0.3) is 11.8 Å². The third-order valence-corrected chi connectivity index (χ3v) is 13.7. The first-order valence-electron chi connectivity index (χ1n) is 17.7. The molecule has 0 bridgehead atoms. The Morgan fingerprint density at radius 3 is 2.63 bits per heavy atom. The fraction of sp³-hybridized carbons (Fsp3) is 0.350. The number of carbonyl (C=O) groups excluding carboxylic acids is 3. The van der Waals surface area contributed by atoms with Crippen molar-refractivity contribution in [2.24, 2.45) is 0 Å². The Bertz CT molecular complexity index is 2170. The van der Waals surface area contributed by atoms with Gasteiger partial charge in [-0.3, -0.25) is 0 Å². The number of imidazole rings is 1. The summed E-state index contributed by atoms with van der Waals surface area (Å²) in [5.41, 5.74) is 4.74. The summed E-state index contributed by atoms with van der Waals surface area (Å²) in [6, 6.07) is 20.9. The highest BCUT2D eigenvalue weighted by Crippen LogP contribution is 2.39. The highest BCUT2D eigenvalue weighted by Gasteiger charge is 2.52. The molecule has 0 radical (unpaired) electrons. The van der Waals surface area contributed by atoms with Crippen molar-refractivity contribution < 1.29 is 42.9 Å². The van der Waals surface area contributed by atoms with Crippen LogP contribution in [-0.4, -0.2) is 59.6 Å². The van der Waals surface area contributed by atoms with Crippen LogP contribution in [0.1, 0.15) is 58.3 Å². The van der Waals surface area contributed by atoms with Gasteiger partial charge in [0.05, 0.1) is 25.1 Å². The fourth-order valence-corrected chi connectivity index (χ4v) is 9.67. The van der Waals surface area contributed by atoms with Gasteiger partial charge in [0.15, 0.2) is 0 Å². The van der Waals surface area contributed by atoms with Crippen LogP contribution in [0.2, 0.25) is 25.2 Å². The smallest absolute Gasteiger partial charge is 0.505 e. The van der Waals surface area contributed by atoms with Crippen LogP contribution in [-0.2, 0) is 49.7 Å². The van der Waals surface area contributed by atoms with Gasteiger partial charge in [0.25, 0.3) is 0 Å². The van der Waals surface area contributed by atoms with Gasteiger partial charge >= 0.3 is 18.1 Å². The molecule has 1 unspecified atom stereocenters. The molecule has 2 aromatic carbocycles. The number of furan rings is 1. The summed E-state index contributed by atoms with van der Waals surface area (Å²) in [5.74, 6) is -0.947. The Morgan fingerprint density at radius 1 is 1.04 bits per heavy atom. The normalized spacial score (nSPS) is 17.6. The number of ether oxygens (including phenoxy) is 4. The molecule has 3 aliphatic rings. The molecule has 1 atom stereocenters. The van der Waals surface area contributed by atoms with E-state index in [0.717, 1.165) is 36.1 Å². The number of hydrogen-bond donors (Lipinski definition) is 1. The molecule has 1 aliphatic carbocycles. The Balaban J connectivity index is 1.08. The lowest BCUT2D eigenvalue weighted by molar-refractivity contribution is -0.166. The zero-order valence-corrected chi connectivity index (χ0v) is 30.6. The maximum Gasteiger partial charge on any atom is 0.510 e. The summed E-state index contributed by atoms with van der Waals surface area (Å²) < 4.78 is 29.3. The summed E-state index contributed by atoms with van der Waals surface area (Å²) in [6.07, 6.45) is 4.51. The molecule has 0 saturated heterocycles. The molecule has 11 nitrogen and oxygen atoms in total. The van der Waals surface area contributed by atoms with Gasteiger partial charge < -0.3 is 33.0 Å². The van der Waals surface area contributed by atoms with E-state index in [4.69, 9.17) is 28.3 Å². The predicted molar refractivity (Wildman–Crippen MR) is 193 cm³/mol. The standard InChI is InChI=1S/C40H42N2O9Si/c1-4-40(51-39(46)50-24-26-11-6-5-7-12-26)31-22-32-35(36(43)30(31)25-49-38(40)45)42-23-29-27(13-8-14-28(29)21-34(42)41-32)16-20-52(2,3)19-10-18-48-37(44)33-15-9-17-47-33/h5-9,11-15,17,21,43H,4,10,16,18-20,22-25H2,1-3H3. The van der Waals surface area contributed by atoms with Crippen molar-refractivity contribution in [1.82, 2.24) is 9.55 Å². The molecular weight excluding hydrogens is 681 g/mol. The molecule has 270 valence electrons. The van der Waals surface area contributed by atoms with Crippen molar-refractivity contribution in [1.29, 1.82) is 0 Å². The molecule has 0 amide bonds. The van der Waals surface area contributed by atoms with E-state index in [1.165, 1.54) is 17.4 Å². The summed E-state index contributed by atoms with van der Waals surface area (Å²) in [4.78, 5) is 43.4. The average molecular weight is 723 g/mol. The van der Waals surface area contributed by atoms with E-state index in [2.05, 4.69) is 31.3 Å². The first-order chi connectivity index (χ1) is 25.1. The number of hydrogen-bond acceptors (Lipinski definition) is 10. The van der Waals surface area contributed by atoms with E-state index in [0.29, 0.717) is 40.8 Å². The number of aliphatic hydroxyl groups excluding tert-OH is 1. The van der Waals surface area contributed by atoms with E-state index in [1.807, 2.05) is 41.0 Å². The quantitative estimate of drug-likeness (QED) is 0.0734. The van der Waals surface area contributed by atoms with Gasteiger partial charge in [-0.05, 0) is 59.7 Å². The monoisotopic (exact) mass is 722 g/mol. The van der Waals surface area contributed by atoms with Gasteiger partial charge in [0, 0.05) is 25.6 Å². The number of benzene rings is 2. The Morgan fingerprint density at radius 2 is 1.87 bits per heavy atom. The largest absolute Gasteiger partial charge is 0.510 e. The second-order valence-electron chi connectivity index (χ2n) is 14.2. The van der Waals surface area contributed by atoms with Crippen molar-refractivity contribution >= 4 is 38.0 Å². The molecule has 0 fully saturated rings. The number of aliphatic hydroxyl groups is 1. The van der Waals surface area contributed by atoms with Crippen LogP contribution in [0.5, 0.6) is 0 Å². The highest BCUT2D eigenvalue weighted by atomic mass is 28.3. The summed E-state index contributed by atoms with van der Waals surface area (Å²) in [7, 11) is -1.62. The molecule has 2 aromatic heterocycles. The van der Waals surface area contributed by atoms with E-state index in [9.17, 15) is 19.5 Å². The second-order valence-corrected chi connectivity index (χ2v) is 19.6. The molecule has 1 N–H and O–H groups in total. The van der Waals surface area contributed by atoms with E-state index >= 15 is 0 Å². The number of nitrogens with zero attached hydrogens (tertiary/aromatic N) is 2. The maximum atomic E-state index is 13.4. The second kappa shape index (κ2) is 14.3. The van der Waals surface area contributed by atoms with Crippen LogP contribution in [0.15, 0.2) is 82.5 Å². The van der Waals surface area contributed by atoms with E-state index < -0.39 is 31.8 Å². The first kappa shape index (κ1) is 35.1. The number of cyclic esters (lactones) is 1. The number of aromatic nitrogens is 2. The lowest BCUT2D eigenvalue weighted by Crippen LogP contribution is -2.52. The SMILES string of the molecule is CCC1(OC(=O)OCc2ccccc2)C(=O)OCC2=C1Cc1nc3n(c1=C2O)Cc1c(cccc1CC[Si](C)(C)CCCOC(=O)c1ccco1)C=3. The van der Waals surface area contributed by atoms with Crippen LogP contribution in [0.4, 0.5) is 4.79 Å². The Hall–Kier alpha value is -5.36. The number of aryl methyl sites for hydroxylation is 1. The van der Waals surface area contributed by atoms with Crippen molar-refractivity contribution in [3.63, 3.8) is 0 Å². The third kappa shape index (κ3) is 6.82. The lowest BCUT2D eigenvalue weighted by Gasteiger charge is -2.38. The molecule has 4 aromatic rings. The zero-order chi connectivity index (χ0) is 36.5. The first-order valence-corrected chi connectivity index (χ1v) is 21.1. The summed E-state index contributed by atoms with van der Waals surface area (Å²) in [6.45, 7) is 7.20. The van der Waals surface area contributed by atoms with Crippen LogP contribution >= 0.6 is 0 Å². The van der Waals surface area contributed by atoms with Crippen molar-refractivity contribution in [3.05, 3.63) is 123 Å². The molecule has 0 spiro atoms. The average Bonchev–Trinajstić information content (AvgIpc) is 3.81. The number of esters is 2. The predicted octanol–water partition coefficient (Wildman–Crippen LogP) is 5.74. The van der Waals surface area contributed by atoms with Gasteiger partial charge in [-0.25, -0.2) is 19.4 Å². The minimum atomic E-state index is -1.76. The van der Waals surface area contributed by atoms with Gasteiger partial charge in [-0.1, -0.05) is 80.6 Å². The molecule has 4 heterocycles. The van der Waals surface area contributed by atoms with Crippen LogP contribution in [0, 0.1) is 0 Å². The van der Waals surface area contributed by atoms with Crippen molar-refractivity contribution in [3.8, 4) is 0 Å². The molecule has 7 rings (SSSR count). The lowest BCUT2D eigenvalue weighted by atomic mass is 9.80. The van der Waals surface area contributed by atoms with E-state index in [-0.39, 0.29) is 37.6 Å². The summed E-state index contributed by atoms with van der Waals surface area (Å²) in [5, 5.41) is 12.4. The van der Waals surface area contributed by atoms with E-state index in [1.54, 1.807) is 19.1 Å². The third-order valence-electron chi connectivity index (χ3n) is 10.3. The molecule has 0 saturated carbocycles. The topological polar surface area (TPSA) is 139 Å². The highest BCUT2D eigenvalue weighted by molar-refractivity contribution is 6.77. The zero-order valence-electron chi connectivity index (χ0n) is 29.6. The van der Waals surface area contributed by atoms with Crippen LogP contribution in [0.3, 0.4) is 0 Å². The Labute approximate surface area is 302 Å². The van der Waals surface area contributed by atoms with Crippen molar-refractivity contribution in [2.75, 3.05) is 13.2 Å². The van der Waals surface area contributed by atoms with Gasteiger partial charge in [-0.2, -0.15) is 0 Å². The minimum Gasteiger partial charge on any atom is -0.505 e. The van der Waals surface area contributed by atoms with Gasteiger partial charge in [-0.15, -0.1) is 0 Å². The summed E-state index contributed by atoms with van der Waals surface area (Å²) >= 11 is 0. The van der Waals surface area contributed by atoms with Gasteiger partial charge in [0.1, 0.15) is 29.8 Å². The molecule has 52 heavy (non-hydrogen) atoms. The molecular formula is C40H42N2O9Si. The fourth-order valence-electron chi connectivity index (χ4n) is 7.37. The molecule has 2 aliphatic heterocycles. The number of carbonyl (C=O) groups is 3. The minimum absolute atomic E-state index is 0.0158. The molecule has 12 heteroatoms. The number of fused-ring (bicyclic) bond motifs is 4. The van der Waals surface area contributed by atoms with Gasteiger partial charge in [0.2, 0.25) is 11.4 Å².